The molecule has 1 saturated carbocycles. The molecule has 1 aromatic rings. The molecule has 1 atom stereocenters. The Morgan fingerprint density at radius 1 is 1.44 bits per heavy atom. The number of fused-ring (bicyclic) bond motifs is 1. The summed E-state index contributed by atoms with van der Waals surface area (Å²) in [5.74, 6) is 0.853. The second kappa shape index (κ2) is 4.86. The smallest absolute Gasteiger partial charge is 0.228 e. The lowest BCUT2D eigenvalue weighted by Crippen LogP contribution is -2.13. The van der Waals surface area contributed by atoms with Crippen molar-refractivity contribution in [2.75, 3.05) is 5.32 Å². The molecule has 18 heavy (non-hydrogen) atoms. The average molecular weight is 329 g/mol. The zero-order valence-corrected chi connectivity index (χ0v) is 12.4. The fourth-order valence-corrected chi connectivity index (χ4v) is 3.84. The number of amides is 1. The molecule has 0 saturated heterocycles. The summed E-state index contributed by atoms with van der Waals surface area (Å²) in [6.45, 7) is 0. The monoisotopic (exact) mass is 327 g/mol. The summed E-state index contributed by atoms with van der Waals surface area (Å²) in [5.41, 5.74) is 3.11. The van der Waals surface area contributed by atoms with Crippen molar-refractivity contribution in [3.63, 3.8) is 0 Å². The van der Waals surface area contributed by atoms with E-state index in [2.05, 4.69) is 27.3 Å². The highest BCUT2D eigenvalue weighted by Gasteiger charge is 2.25. The number of hydrogen-bond donors (Lipinski definition) is 1. The summed E-state index contributed by atoms with van der Waals surface area (Å²) in [6.07, 6.45) is 5.48. The Morgan fingerprint density at radius 2 is 2.22 bits per heavy atom. The number of benzene rings is 1. The predicted octanol–water partition coefficient (Wildman–Crippen LogP) is 4.41. The van der Waals surface area contributed by atoms with Gasteiger partial charge in [-0.1, -0.05) is 41.3 Å². The van der Waals surface area contributed by atoms with Gasteiger partial charge < -0.3 is 5.32 Å². The summed E-state index contributed by atoms with van der Waals surface area (Å²) in [5, 5.41) is 2.90. The molecule has 0 bridgehead atoms. The maximum Gasteiger partial charge on any atom is 0.228 e. The van der Waals surface area contributed by atoms with E-state index in [0.717, 1.165) is 33.6 Å². The molecule has 1 fully saturated rings. The maximum atomic E-state index is 11.4. The first-order valence-corrected chi connectivity index (χ1v) is 7.62. The molecule has 1 unspecified atom stereocenters. The molecule has 1 aromatic carbocycles. The number of carbonyl (C=O) groups is 1. The molecule has 1 aliphatic heterocycles. The Labute approximate surface area is 120 Å². The molecule has 2 nitrogen and oxygen atoms in total. The lowest BCUT2D eigenvalue weighted by molar-refractivity contribution is -0.115. The summed E-state index contributed by atoms with van der Waals surface area (Å²) in [4.78, 5) is 11.4. The van der Waals surface area contributed by atoms with Crippen LogP contribution in [0.15, 0.2) is 16.6 Å². The molecule has 1 amide bonds. The quantitative estimate of drug-likeness (QED) is 0.818. The standard InChI is InChI=1S/C14H15BrClNO/c15-11-7-13-9(6-14(18)17-13)5-10(11)12(16)4-8-2-1-3-8/h5,7-8,12H,1-4,6H2,(H,17,18). The molecule has 4 heteroatoms. The van der Waals surface area contributed by atoms with Gasteiger partial charge in [0, 0.05) is 10.2 Å². The maximum absolute atomic E-state index is 11.4. The van der Waals surface area contributed by atoms with Gasteiger partial charge in [0.25, 0.3) is 0 Å². The number of halogens is 2. The summed E-state index contributed by atoms with van der Waals surface area (Å²) >= 11 is 10.1. The first kappa shape index (κ1) is 12.5. The Balaban J connectivity index is 1.83. The van der Waals surface area contributed by atoms with Gasteiger partial charge in [-0.2, -0.15) is 0 Å². The SMILES string of the molecule is O=C1Cc2cc(C(Cl)CC3CCC3)c(Br)cc2N1. The second-order valence-corrected chi connectivity index (χ2v) is 6.64. The molecule has 2 aliphatic rings. The fraction of sp³-hybridized carbons (Fsp3) is 0.500. The van der Waals surface area contributed by atoms with Crippen LogP contribution >= 0.6 is 27.5 Å². The van der Waals surface area contributed by atoms with Crippen molar-refractivity contribution < 1.29 is 4.79 Å². The number of carbonyl (C=O) groups excluding carboxylic acids is 1. The summed E-state index contributed by atoms with van der Waals surface area (Å²) < 4.78 is 1.00. The topological polar surface area (TPSA) is 29.1 Å². The Kier molecular flexibility index (Phi) is 3.37. The highest BCUT2D eigenvalue weighted by molar-refractivity contribution is 9.10. The van der Waals surface area contributed by atoms with Crippen LogP contribution in [0.5, 0.6) is 0 Å². The number of hydrogen-bond acceptors (Lipinski definition) is 1. The minimum absolute atomic E-state index is 0.0469. The molecule has 96 valence electrons. The molecular weight excluding hydrogens is 314 g/mol. The summed E-state index contributed by atoms with van der Waals surface area (Å²) in [6, 6.07) is 4.05. The van der Waals surface area contributed by atoms with Crippen molar-refractivity contribution in [3.8, 4) is 0 Å². The first-order valence-electron chi connectivity index (χ1n) is 6.39. The van der Waals surface area contributed by atoms with Gasteiger partial charge in [0.2, 0.25) is 5.91 Å². The van der Waals surface area contributed by atoms with Gasteiger partial charge in [0.15, 0.2) is 0 Å². The fourth-order valence-electron chi connectivity index (χ4n) is 2.66. The zero-order valence-electron chi connectivity index (χ0n) is 10.0. The van der Waals surface area contributed by atoms with Crippen LogP contribution in [0.4, 0.5) is 5.69 Å². The molecule has 1 N–H and O–H groups in total. The largest absolute Gasteiger partial charge is 0.325 e. The van der Waals surface area contributed by atoms with E-state index >= 15 is 0 Å². The van der Waals surface area contributed by atoms with E-state index < -0.39 is 0 Å². The van der Waals surface area contributed by atoms with Crippen LogP contribution in [0.1, 0.15) is 42.2 Å². The van der Waals surface area contributed by atoms with Crippen molar-refractivity contribution in [2.45, 2.75) is 37.5 Å². The Hall–Kier alpha value is -0.540. The van der Waals surface area contributed by atoms with Crippen molar-refractivity contribution >= 4 is 39.1 Å². The van der Waals surface area contributed by atoms with E-state index in [1.54, 1.807) is 0 Å². The Morgan fingerprint density at radius 3 is 2.89 bits per heavy atom. The van der Waals surface area contributed by atoms with Gasteiger partial charge in [-0.3, -0.25) is 4.79 Å². The van der Waals surface area contributed by atoms with Crippen LogP contribution in [0, 0.1) is 5.92 Å². The number of alkyl halides is 1. The second-order valence-electron chi connectivity index (χ2n) is 5.26. The van der Waals surface area contributed by atoms with E-state index in [1.807, 2.05) is 6.07 Å². The van der Waals surface area contributed by atoms with Crippen LogP contribution in [0.25, 0.3) is 0 Å². The third-order valence-corrected chi connectivity index (χ3v) is 5.05. The molecular formula is C14H15BrClNO. The molecule has 3 rings (SSSR count). The van der Waals surface area contributed by atoms with Crippen molar-refractivity contribution in [3.05, 3.63) is 27.7 Å². The van der Waals surface area contributed by atoms with Crippen molar-refractivity contribution in [1.82, 2.24) is 0 Å². The minimum Gasteiger partial charge on any atom is -0.325 e. The highest BCUT2D eigenvalue weighted by atomic mass is 79.9. The molecule has 0 radical (unpaired) electrons. The van der Waals surface area contributed by atoms with Crippen LogP contribution in [-0.4, -0.2) is 5.91 Å². The third kappa shape index (κ3) is 2.30. The number of nitrogens with one attached hydrogen (secondary N) is 1. The van der Waals surface area contributed by atoms with Gasteiger partial charge >= 0.3 is 0 Å². The minimum atomic E-state index is 0.0469. The van der Waals surface area contributed by atoms with E-state index in [9.17, 15) is 4.79 Å². The van der Waals surface area contributed by atoms with Crippen molar-refractivity contribution in [1.29, 1.82) is 0 Å². The lowest BCUT2D eigenvalue weighted by Gasteiger charge is -2.27. The predicted molar refractivity (Wildman–Crippen MR) is 77.0 cm³/mol. The van der Waals surface area contributed by atoms with E-state index in [1.165, 1.54) is 19.3 Å². The van der Waals surface area contributed by atoms with Crippen molar-refractivity contribution in [2.24, 2.45) is 5.92 Å². The van der Waals surface area contributed by atoms with Crippen LogP contribution in [0.3, 0.4) is 0 Å². The number of anilines is 1. The van der Waals surface area contributed by atoms with Gasteiger partial charge in [-0.15, -0.1) is 11.6 Å². The van der Waals surface area contributed by atoms with Crippen LogP contribution < -0.4 is 5.32 Å². The summed E-state index contributed by atoms with van der Waals surface area (Å²) in [7, 11) is 0. The Bertz CT molecular complexity index is 499. The van der Waals surface area contributed by atoms with Crippen LogP contribution in [0.2, 0.25) is 0 Å². The number of rotatable bonds is 3. The highest BCUT2D eigenvalue weighted by Crippen LogP contribution is 2.41. The third-order valence-electron chi connectivity index (χ3n) is 3.95. The normalized spacial score (nSPS) is 20.2. The van der Waals surface area contributed by atoms with Gasteiger partial charge in [0.1, 0.15) is 0 Å². The van der Waals surface area contributed by atoms with Gasteiger partial charge in [-0.25, -0.2) is 0 Å². The molecule has 0 aromatic heterocycles. The van der Waals surface area contributed by atoms with E-state index in [4.69, 9.17) is 11.6 Å². The van der Waals surface area contributed by atoms with Gasteiger partial charge in [-0.05, 0) is 29.5 Å². The van der Waals surface area contributed by atoms with E-state index in [-0.39, 0.29) is 11.3 Å². The van der Waals surface area contributed by atoms with Crippen LogP contribution in [-0.2, 0) is 11.2 Å². The zero-order chi connectivity index (χ0) is 12.7. The lowest BCUT2D eigenvalue weighted by atomic mass is 9.81. The molecule has 0 spiro atoms. The molecule has 1 aliphatic carbocycles. The molecule has 1 heterocycles. The average Bonchev–Trinajstić information content (AvgIpc) is 2.61. The first-order chi connectivity index (χ1) is 8.63. The van der Waals surface area contributed by atoms with Gasteiger partial charge in [0.05, 0.1) is 11.8 Å². The van der Waals surface area contributed by atoms with E-state index in [0.29, 0.717) is 6.42 Å².